The van der Waals surface area contributed by atoms with E-state index in [1.165, 1.54) is 11.8 Å². The molecule has 6 nitrogen and oxygen atoms in total. The zero-order valence-electron chi connectivity index (χ0n) is 11.0. The normalized spacial score (nSPS) is 14.8. The molecule has 2 rings (SSSR count). The molecule has 0 saturated heterocycles. The topological polar surface area (TPSA) is 79.6 Å². The minimum absolute atomic E-state index is 0.0338. The Labute approximate surface area is 116 Å². The molecule has 1 atom stereocenters. The zero-order valence-corrected chi connectivity index (χ0v) is 11.0. The fraction of sp³-hybridized carbons (Fsp3) is 0.357. The molecule has 1 aliphatic heterocycles. The monoisotopic (exact) mass is 274 g/mol. The fourth-order valence-electron chi connectivity index (χ4n) is 1.88. The Bertz CT molecular complexity index is 565. The SMILES string of the molecule is C[C@H](C#N)OC(=O)CCN1C(=O)COc2ccccc21. The minimum atomic E-state index is -0.782. The smallest absolute Gasteiger partial charge is 0.308 e. The lowest BCUT2D eigenvalue weighted by molar-refractivity contribution is -0.145. The summed E-state index contributed by atoms with van der Waals surface area (Å²) in [5.74, 6) is -0.0912. The maximum atomic E-state index is 11.8. The first-order valence-corrected chi connectivity index (χ1v) is 6.23. The molecule has 1 amide bonds. The second kappa shape index (κ2) is 6.06. The standard InChI is InChI=1S/C14H14N2O4/c1-10(8-15)20-14(18)6-7-16-11-4-2-3-5-12(11)19-9-13(16)17/h2-5,10H,6-7,9H2,1H3/t10-/m1/s1. The van der Waals surface area contributed by atoms with Crippen LogP contribution in [-0.4, -0.2) is 31.1 Å². The van der Waals surface area contributed by atoms with Gasteiger partial charge in [-0.2, -0.15) is 5.26 Å². The number of amides is 1. The Morgan fingerprint density at radius 3 is 3.05 bits per heavy atom. The summed E-state index contributed by atoms with van der Waals surface area (Å²) >= 11 is 0. The van der Waals surface area contributed by atoms with E-state index in [9.17, 15) is 9.59 Å². The van der Waals surface area contributed by atoms with Crippen LogP contribution in [-0.2, 0) is 14.3 Å². The molecule has 1 aromatic rings. The van der Waals surface area contributed by atoms with Crippen molar-refractivity contribution in [1.29, 1.82) is 5.26 Å². The van der Waals surface area contributed by atoms with Gasteiger partial charge >= 0.3 is 5.97 Å². The van der Waals surface area contributed by atoms with Gasteiger partial charge in [-0.25, -0.2) is 0 Å². The molecule has 0 bridgehead atoms. The third-order valence-electron chi connectivity index (χ3n) is 2.84. The van der Waals surface area contributed by atoms with Gasteiger partial charge in [0.1, 0.15) is 11.8 Å². The van der Waals surface area contributed by atoms with E-state index in [-0.39, 0.29) is 25.5 Å². The van der Waals surface area contributed by atoms with Gasteiger partial charge in [-0.1, -0.05) is 12.1 Å². The number of carbonyl (C=O) groups excluding carboxylic acids is 2. The molecule has 0 aliphatic carbocycles. The number of hydrogen-bond acceptors (Lipinski definition) is 5. The number of hydrogen-bond donors (Lipinski definition) is 0. The van der Waals surface area contributed by atoms with Gasteiger partial charge in [0.05, 0.1) is 12.1 Å². The Morgan fingerprint density at radius 2 is 2.30 bits per heavy atom. The maximum absolute atomic E-state index is 11.8. The van der Waals surface area contributed by atoms with Crippen LogP contribution in [0.15, 0.2) is 24.3 Å². The average Bonchev–Trinajstić information content (AvgIpc) is 2.46. The molecule has 0 aromatic heterocycles. The molecule has 1 heterocycles. The molecule has 6 heteroatoms. The summed E-state index contributed by atoms with van der Waals surface area (Å²) in [6.07, 6.45) is -0.748. The molecular weight excluding hydrogens is 260 g/mol. The molecule has 0 N–H and O–H groups in total. The predicted molar refractivity (Wildman–Crippen MR) is 70.1 cm³/mol. The summed E-state index contributed by atoms with van der Waals surface area (Å²) < 4.78 is 10.1. The van der Waals surface area contributed by atoms with Gasteiger partial charge in [0.25, 0.3) is 5.91 Å². The van der Waals surface area contributed by atoms with E-state index in [2.05, 4.69) is 0 Å². The summed E-state index contributed by atoms with van der Waals surface area (Å²) in [6.45, 7) is 1.66. The third kappa shape index (κ3) is 3.06. The summed E-state index contributed by atoms with van der Waals surface area (Å²) in [7, 11) is 0. The Hall–Kier alpha value is -2.55. The molecular formula is C14H14N2O4. The lowest BCUT2D eigenvalue weighted by Gasteiger charge is -2.29. The minimum Gasteiger partial charge on any atom is -0.482 e. The van der Waals surface area contributed by atoms with Crippen molar-refractivity contribution >= 4 is 17.6 Å². The van der Waals surface area contributed by atoms with Crippen LogP contribution in [0.4, 0.5) is 5.69 Å². The first kappa shape index (κ1) is 13.9. The highest BCUT2D eigenvalue weighted by Gasteiger charge is 2.25. The van der Waals surface area contributed by atoms with Crippen molar-refractivity contribution in [3.8, 4) is 11.8 Å². The molecule has 1 aromatic carbocycles. The van der Waals surface area contributed by atoms with Crippen molar-refractivity contribution in [3.63, 3.8) is 0 Å². The highest BCUT2D eigenvalue weighted by molar-refractivity contribution is 5.98. The third-order valence-corrected chi connectivity index (χ3v) is 2.84. The van der Waals surface area contributed by atoms with E-state index < -0.39 is 12.1 Å². The number of nitriles is 1. The molecule has 0 fully saturated rings. The van der Waals surface area contributed by atoms with Gasteiger partial charge in [-0.3, -0.25) is 9.59 Å². The fourth-order valence-corrected chi connectivity index (χ4v) is 1.88. The van der Waals surface area contributed by atoms with Gasteiger partial charge < -0.3 is 14.4 Å². The van der Waals surface area contributed by atoms with Crippen LogP contribution < -0.4 is 9.64 Å². The van der Waals surface area contributed by atoms with Crippen LogP contribution in [0, 0.1) is 11.3 Å². The van der Waals surface area contributed by atoms with Crippen molar-refractivity contribution in [1.82, 2.24) is 0 Å². The highest BCUT2D eigenvalue weighted by atomic mass is 16.5. The van der Waals surface area contributed by atoms with Crippen LogP contribution >= 0.6 is 0 Å². The average molecular weight is 274 g/mol. The van der Waals surface area contributed by atoms with E-state index in [0.29, 0.717) is 11.4 Å². The zero-order chi connectivity index (χ0) is 14.5. The highest BCUT2D eigenvalue weighted by Crippen LogP contribution is 2.31. The van der Waals surface area contributed by atoms with Gasteiger partial charge in [-0.15, -0.1) is 0 Å². The van der Waals surface area contributed by atoms with Crippen LogP contribution in [0.2, 0.25) is 0 Å². The van der Waals surface area contributed by atoms with E-state index in [1.807, 2.05) is 12.1 Å². The Balaban J connectivity index is 2.01. The number of anilines is 1. The molecule has 0 saturated carbocycles. The number of ether oxygens (including phenoxy) is 2. The Morgan fingerprint density at radius 1 is 1.55 bits per heavy atom. The van der Waals surface area contributed by atoms with Crippen LogP contribution in [0.5, 0.6) is 5.75 Å². The molecule has 0 unspecified atom stereocenters. The summed E-state index contributed by atoms with van der Waals surface area (Å²) in [4.78, 5) is 24.9. The second-order valence-corrected chi connectivity index (χ2v) is 4.31. The van der Waals surface area contributed by atoms with E-state index in [1.54, 1.807) is 18.2 Å². The lowest BCUT2D eigenvalue weighted by atomic mass is 10.2. The number of fused-ring (bicyclic) bond motifs is 1. The molecule has 104 valence electrons. The largest absolute Gasteiger partial charge is 0.482 e. The van der Waals surface area contributed by atoms with Crippen LogP contribution in [0.3, 0.4) is 0 Å². The first-order chi connectivity index (χ1) is 9.61. The number of carbonyl (C=O) groups is 2. The summed E-state index contributed by atoms with van der Waals surface area (Å²) in [5, 5.41) is 8.56. The van der Waals surface area contributed by atoms with Gasteiger partial charge in [0.15, 0.2) is 12.7 Å². The van der Waals surface area contributed by atoms with E-state index in [4.69, 9.17) is 14.7 Å². The van der Waals surface area contributed by atoms with Crippen molar-refractivity contribution in [3.05, 3.63) is 24.3 Å². The Kier molecular flexibility index (Phi) is 4.20. The number of nitrogens with zero attached hydrogens (tertiary/aromatic N) is 2. The number of esters is 1. The first-order valence-electron chi connectivity index (χ1n) is 6.23. The molecule has 1 aliphatic rings. The molecule has 20 heavy (non-hydrogen) atoms. The summed E-state index contributed by atoms with van der Waals surface area (Å²) in [6, 6.07) is 8.95. The second-order valence-electron chi connectivity index (χ2n) is 4.31. The number of rotatable bonds is 4. The van der Waals surface area contributed by atoms with Crippen molar-refractivity contribution in [2.45, 2.75) is 19.4 Å². The molecule has 0 radical (unpaired) electrons. The van der Waals surface area contributed by atoms with E-state index >= 15 is 0 Å². The van der Waals surface area contributed by atoms with Crippen LogP contribution in [0.25, 0.3) is 0 Å². The predicted octanol–water partition coefficient (Wildman–Crippen LogP) is 1.26. The lowest BCUT2D eigenvalue weighted by Crippen LogP contribution is -2.40. The quantitative estimate of drug-likeness (QED) is 0.772. The summed E-state index contributed by atoms with van der Waals surface area (Å²) in [5.41, 5.74) is 0.643. The maximum Gasteiger partial charge on any atom is 0.308 e. The van der Waals surface area contributed by atoms with Crippen molar-refractivity contribution < 1.29 is 19.1 Å². The van der Waals surface area contributed by atoms with Gasteiger partial charge in [0, 0.05) is 6.54 Å². The van der Waals surface area contributed by atoms with E-state index in [0.717, 1.165) is 0 Å². The van der Waals surface area contributed by atoms with Crippen molar-refractivity contribution in [2.24, 2.45) is 0 Å². The van der Waals surface area contributed by atoms with Crippen molar-refractivity contribution in [2.75, 3.05) is 18.1 Å². The van der Waals surface area contributed by atoms with Gasteiger partial charge in [0.2, 0.25) is 0 Å². The number of benzene rings is 1. The van der Waals surface area contributed by atoms with Gasteiger partial charge in [-0.05, 0) is 19.1 Å². The molecule has 0 spiro atoms. The number of para-hydroxylation sites is 2. The van der Waals surface area contributed by atoms with Crippen LogP contribution in [0.1, 0.15) is 13.3 Å².